The highest BCUT2D eigenvalue weighted by Gasteiger charge is 2.23. The Balaban J connectivity index is 2.02. The summed E-state index contributed by atoms with van der Waals surface area (Å²) >= 11 is 0. The van der Waals surface area contributed by atoms with Crippen LogP contribution in [0.3, 0.4) is 0 Å². The van der Waals surface area contributed by atoms with E-state index in [4.69, 9.17) is 14.2 Å². The molecule has 4 heteroatoms. The van der Waals surface area contributed by atoms with Gasteiger partial charge in [-0.25, -0.2) is 0 Å². The second-order valence-corrected chi connectivity index (χ2v) is 5.32. The topological polar surface area (TPSA) is 39.7 Å². The Kier molecular flexibility index (Phi) is 4.20. The van der Waals surface area contributed by atoms with E-state index in [-0.39, 0.29) is 6.04 Å². The molecule has 0 saturated heterocycles. The predicted octanol–water partition coefficient (Wildman–Crippen LogP) is 2.95. The SMILES string of the molecule is COc1ccc(C2NCCc3cc(OC)c(OC)cc32)cc1. The Hall–Kier alpha value is -2.20. The van der Waals surface area contributed by atoms with Gasteiger partial charge in [-0.1, -0.05) is 12.1 Å². The van der Waals surface area contributed by atoms with Gasteiger partial charge in [0.2, 0.25) is 0 Å². The maximum atomic E-state index is 5.45. The van der Waals surface area contributed by atoms with Gasteiger partial charge in [0.05, 0.1) is 27.4 Å². The molecule has 1 N–H and O–H groups in total. The van der Waals surface area contributed by atoms with Crippen molar-refractivity contribution in [1.29, 1.82) is 0 Å². The lowest BCUT2D eigenvalue weighted by Crippen LogP contribution is -2.30. The normalized spacial score (nSPS) is 16.8. The van der Waals surface area contributed by atoms with Crippen molar-refractivity contribution >= 4 is 0 Å². The molecule has 2 aromatic carbocycles. The smallest absolute Gasteiger partial charge is 0.161 e. The molecular weight excluding hydrogens is 278 g/mol. The molecule has 2 aromatic rings. The zero-order valence-corrected chi connectivity index (χ0v) is 13.2. The first-order valence-electron chi connectivity index (χ1n) is 7.39. The van der Waals surface area contributed by atoms with Crippen LogP contribution in [0.15, 0.2) is 36.4 Å². The number of rotatable bonds is 4. The third-order valence-electron chi connectivity index (χ3n) is 4.15. The molecule has 0 aliphatic carbocycles. The average Bonchev–Trinajstić information content (AvgIpc) is 2.60. The number of fused-ring (bicyclic) bond motifs is 1. The zero-order chi connectivity index (χ0) is 15.5. The van der Waals surface area contributed by atoms with Crippen molar-refractivity contribution < 1.29 is 14.2 Å². The summed E-state index contributed by atoms with van der Waals surface area (Å²) in [5.74, 6) is 2.42. The quantitative estimate of drug-likeness (QED) is 0.942. The standard InChI is InChI=1S/C18H21NO3/c1-20-14-6-4-12(5-7-14)18-15-11-17(22-3)16(21-2)10-13(15)8-9-19-18/h4-7,10-11,18-19H,8-9H2,1-3H3. The molecule has 0 fully saturated rings. The van der Waals surface area contributed by atoms with E-state index in [9.17, 15) is 0 Å². The van der Waals surface area contributed by atoms with Gasteiger partial charge in [-0.15, -0.1) is 0 Å². The van der Waals surface area contributed by atoms with Crippen LogP contribution in [-0.2, 0) is 6.42 Å². The van der Waals surface area contributed by atoms with Gasteiger partial charge in [-0.2, -0.15) is 0 Å². The summed E-state index contributed by atoms with van der Waals surface area (Å²) in [4.78, 5) is 0. The lowest BCUT2D eigenvalue weighted by Gasteiger charge is -2.28. The summed E-state index contributed by atoms with van der Waals surface area (Å²) in [5.41, 5.74) is 3.76. The van der Waals surface area contributed by atoms with Crippen molar-refractivity contribution in [2.75, 3.05) is 27.9 Å². The van der Waals surface area contributed by atoms with Crippen molar-refractivity contribution in [3.63, 3.8) is 0 Å². The van der Waals surface area contributed by atoms with Crippen LogP contribution >= 0.6 is 0 Å². The Morgan fingerprint density at radius 3 is 2.23 bits per heavy atom. The van der Waals surface area contributed by atoms with Crippen LogP contribution in [0, 0.1) is 0 Å². The van der Waals surface area contributed by atoms with Crippen molar-refractivity contribution in [3.8, 4) is 17.2 Å². The monoisotopic (exact) mass is 299 g/mol. The molecule has 1 aliphatic rings. The summed E-state index contributed by atoms with van der Waals surface area (Å²) in [7, 11) is 5.02. The summed E-state index contributed by atoms with van der Waals surface area (Å²) in [6.07, 6.45) is 0.988. The summed E-state index contributed by atoms with van der Waals surface area (Å²) in [6, 6.07) is 12.5. The van der Waals surface area contributed by atoms with E-state index in [2.05, 4.69) is 29.6 Å². The highest BCUT2D eigenvalue weighted by atomic mass is 16.5. The molecule has 0 saturated carbocycles. The van der Waals surface area contributed by atoms with Crippen LogP contribution in [0.5, 0.6) is 17.2 Å². The van der Waals surface area contributed by atoms with E-state index in [1.807, 2.05) is 12.1 Å². The van der Waals surface area contributed by atoms with Crippen molar-refractivity contribution in [2.24, 2.45) is 0 Å². The summed E-state index contributed by atoms with van der Waals surface area (Å²) in [5, 5.41) is 3.58. The molecule has 3 rings (SSSR count). The maximum absolute atomic E-state index is 5.45. The van der Waals surface area contributed by atoms with E-state index in [1.54, 1.807) is 21.3 Å². The average molecular weight is 299 g/mol. The minimum absolute atomic E-state index is 0.162. The molecule has 1 unspecified atom stereocenters. The van der Waals surface area contributed by atoms with Gasteiger partial charge in [0.25, 0.3) is 0 Å². The number of hydrogen-bond acceptors (Lipinski definition) is 4. The fourth-order valence-electron chi connectivity index (χ4n) is 2.98. The van der Waals surface area contributed by atoms with Crippen LogP contribution in [0.1, 0.15) is 22.7 Å². The lowest BCUT2D eigenvalue weighted by atomic mass is 9.89. The molecule has 1 heterocycles. The van der Waals surface area contributed by atoms with Crippen LogP contribution in [0.25, 0.3) is 0 Å². The number of methoxy groups -OCH3 is 3. The lowest BCUT2D eigenvalue weighted by molar-refractivity contribution is 0.353. The fourth-order valence-corrected chi connectivity index (χ4v) is 2.98. The first kappa shape index (κ1) is 14.7. The second kappa shape index (κ2) is 6.28. The van der Waals surface area contributed by atoms with Gasteiger partial charge >= 0.3 is 0 Å². The molecule has 0 amide bonds. The first-order valence-corrected chi connectivity index (χ1v) is 7.39. The molecule has 0 spiro atoms. The maximum Gasteiger partial charge on any atom is 0.161 e. The predicted molar refractivity (Wildman–Crippen MR) is 86.1 cm³/mol. The molecule has 0 aromatic heterocycles. The molecule has 4 nitrogen and oxygen atoms in total. The van der Waals surface area contributed by atoms with E-state index in [1.165, 1.54) is 16.7 Å². The van der Waals surface area contributed by atoms with Crippen molar-refractivity contribution in [1.82, 2.24) is 5.32 Å². The Morgan fingerprint density at radius 1 is 0.909 bits per heavy atom. The number of nitrogens with one attached hydrogen (secondary N) is 1. The van der Waals surface area contributed by atoms with Gasteiger partial charge in [0, 0.05) is 6.54 Å². The summed E-state index contributed by atoms with van der Waals surface area (Å²) in [6.45, 7) is 0.944. The van der Waals surface area contributed by atoms with Gasteiger partial charge in [0.15, 0.2) is 11.5 Å². The Morgan fingerprint density at radius 2 is 1.59 bits per heavy atom. The Labute approximate surface area is 131 Å². The van der Waals surface area contributed by atoms with E-state index >= 15 is 0 Å². The highest BCUT2D eigenvalue weighted by molar-refractivity contribution is 5.51. The van der Waals surface area contributed by atoms with Crippen LogP contribution < -0.4 is 19.5 Å². The van der Waals surface area contributed by atoms with Crippen molar-refractivity contribution in [3.05, 3.63) is 53.1 Å². The minimum Gasteiger partial charge on any atom is -0.497 e. The van der Waals surface area contributed by atoms with Gasteiger partial charge in [-0.05, 0) is 47.4 Å². The van der Waals surface area contributed by atoms with E-state index < -0.39 is 0 Å². The zero-order valence-electron chi connectivity index (χ0n) is 13.2. The van der Waals surface area contributed by atoms with Gasteiger partial charge in [-0.3, -0.25) is 0 Å². The van der Waals surface area contributed by atoms with Gasteiger partial charge in [0.1, 0.15) is 5.75 Å². The fraction of sp³-hybridized carbons (Fsp3) is 0.333. The third-order valence-corrected chi connectivity index (χ3v) is 4.15. The molecule has 0 bridgehead atoms. The molecule has 22 heavy (non-hydrogen) atoms. The molecule has 1 atom stereocenters. The third kappa shape index (κ3) is 2.62. The first-order chi connectivity index (χ1) is 10.8. The number of hydrogen-bond donors (Lipinski definition) is 1. The van der Waals surface area contributed by atoms with Crippen LogP contribution in [0.2, 0.25) is 0 Å². The van der Waals surface area contributed by atoms with E-state index in [0.717, 1.165) is 30.2 Å². The molecule has 1 aliphatic heterocycles. The highest BCUT2D eigenvalue weighted by Crippen LogP contribution is 2.37. The Bertz CT molecular complexity index is 652. The minimum atomic E-state index is 0.162. The van der Waals surface area contributed by atoms with Crippen molar-refractivity contribution in [2.45, 2.75) is 12.5 Å². The number of benzene rings is 2. The summed E-state index contributed by atoms with van der Waals surface area (Å²) < 4.78 is 16.1. The largest absolute Gasteiger partial charge is 0.497 e. The molecule has 116 valence electrons. The van der Waals surface area contributed by atoms with Crippen LogP contribution in [-0.4, -0.2) is 27.9 Å². The number of ether oxygens (including phenoxy) is 3. The van der Waals surface area contributed by atoms with Gasteiger partial charge < -0.3 is 19.5 Å². The van der Waals surface area contributed by atoms with Crippen LogP contribution in [0.4, 0.5) is 0 Å². The molecular formula is C18H21NO3. The molecule has 0 radical (unpaired) electrons. The second-order valence-electron chi connectivity index (χ2n) is 5.32. The van der Waals surface area contributed by atoms with E-state index in [0.29, 0.717) is 0 Å².